The van der Waals surface area contributed by atoms with Crippen LogP contribution in [0.1, 0.15) is 35.0 Å². The summed E-state index contributed by atoms with van der Waals surface area (Å²) in [5.74, 6) is -0.307. The molecule has 0 radical (unpaired) electrons. The molecule has 0 amide bonds. The lowest BCUT2D eigenvalue weighted by atomic mass is 10.1. The summed E-state index contributed by atoms with van der Waals surface area (Å²) in [6.07, 6.45) is 1.98. The largest absolute Gasteiger partial charge is 0.465 e. The fourth-order valence-electron chi connectivity index (χ4n) is 3.07. The van der Waals surface area contributed by atoms with Gasteiger partial charge in [-0.2, -0.15) is 0 Å². The first-order valence-electron chi connectivity index (χ1n) is 8.08. The molecule has 1 aromatic heterocycles. The molecule has 0 saturated heterocycles. The number of hydrogen-bond acceptors (Lipinski definition) is 2. The van der Waals surface area contributed by atoms with Gasteiger partial charge in [-0.1, -0.05) is 49.2 Å². The van der Waals surface area contributed by atoms with Crippen LogP contribution >= 0.6 is 11.6 Å². The summed E-state index contributed by atoms with van der Waals surface area (Å²) in [6, 6.07) is 15.7. The number of esters is 1. The normalized spacial score (nSPS) is 11.0. The van der Waals surface area contributed by atoms with Crippen LogP contribution in [0.3, 0.4) is 0 Å². The Kier molecular flexibility index (Phi) is 4.91. The van der Waals surface area contributed by atoms with Crippen molar-refractivity contribution in [2.45, 2.75) is 26.3 Å². The maximum absolute atomic E-state index is 12.1. The number of aryl methyl sites for hydroxylation is 1. The van der Waals surface area contributed by atoms with Crippen molar-refractivity contribution in [2.75, 3.05) is 7.11 Å². The second-order valence-electron chi connectivity index (χ2n) is 5.79. The van der Waals surface area contributed by atoms with E-state index in [4.69, 9.17) is 16.3 Å². The number of nitrogens with zero attached hydrogens (tertiary/aromatic N) is 1. The van der Waals surface area contributed by atoms with Crippen LogP contribution in [0.2, 0.25) is 5.02 Å². The summed E-state index contributed by atoms with van der Waals surface area (Å²) >= 11 is 6.34. The van der Waals surface area contributed by atoms with E-state index in [-0.39, 0.29) is 5.97 Å². The molecule has 3 nitrogen and oxygen atoms in total. The van der Waals surface area contributed by atoms with E-state index in [0.717, 1.165) is 34.3 Å². The minimum Gasteiger partial charge on any atom is -0.465 e. The molecule has 24 heavy (non-hydrogen) atoms. The highest BCUT2D eigenvalue weighted by molar-refractivity contribution is 6.31. The van der Waals surface area contributed by atoms with Crippen molar-refractivity contribution in [2.24, 2.45) is 0 Å². The van der Waals surface area contributed by atoms with Crippen molar-refractivity contribution in [1.82, 2.24) is 4.57 Å². The quantitative estimate of drug-likeness (QED) is 0.606. The maximum Gasteiger partial charge on any atom is 0.338 e. The number of fused-ring (bicyclic) bond motifs is 1. The molecule has 0 unspecified atom stereocenters. The average Bonchev–Trinajstić information content (AvgIpc) is 2.94. The van der Waals surface area contributed by atoms with Crippen molar-refractivity contribution in [3.63, 3.8) is 0 Å². The van der Waals surface area contributed by atoms with Crippen LogP contribution in [0.5, 0.6) is 0 Å². The first kappa shape index (κ1) is 16.6. The highest BCUT2D eigenvalue weighted by Crippen LogP contribution is 2.27. The van der Waals surface area contributed by atoms with Gasteiger partial charge in [-0.15, -0.1) is 0 Å². The Hall–Kier alpha value is -2.26. The molecule has 0 aliphatic rings. The van der Waals surface area contributed by atoms with Gasteiger partial charge in [-0.3, -0.25) is 0 Å². The Balaban J connectivity index is 2.16. The van der Waals surface area contributed by atoms with Crippen molar-refractivity contribution in [3.05, 3.63) is 70.4 Å². The Bertz CT molecular complexity index is 882. The van der Waals surface area contributed by atoms with E-state index >= 15 is 0 Å². The monoisotopic (exact) mass is 341 g/mol. The fourth-order valence-corrected chi connectivity index (χ4v) is 3.27. The molecule has 0 N–H and O–H groups in total. The SMILES string of the molecule is CCCc1cc2c(C(=O)OC)cccc2n1Cc1ccccc1Cl. The van der Waals surface area contributed by atoms with Gasteiger partial charge in [0.2, 0.25) is 0 Å². The third kappa shape index (κ3) is 3.04. The Labute approximate surface area is 146 Å². The van der Waals surface area contributed by atoms with Crippen molar-refractivity contribution in [1.29, 1.82) is 0 Å². The molecule has 4 heteroatoms. The van der Waals surface area contributed by atoms with E-state index in [1.54, 1.807) is 0 Å². The molecule has 0 atom stereocenters. The van der Waals surface area contributed by atoms with E-state index in [1.807, 2.05) is 42.5 Å². The smallest absolute Gasteiger partial charge is 0.338 e. The van der Waals surface area contributed by atoms with Gasteiger partial charge in [0.15, 0.2) is 0 Å². The molecule has 2 aromatic carbocycles. The van der Waals surface area contributed by atoms with Gasteiger partial charge < -0.3 is 9.30 Å². The highest BCUT2D eigenvalue weighted by atomic mass is 35.5. The predicted octanol–water partition coefficient (Wildman–Crippen LogP) is 5.08. The van der Waals surface area contributed by atoms with Crippen molar-refractivity contribution in [3.8, 4) is 0 Å². The molecule has 1 heterocycles. The molecular weight excluding hydrogens is 322 g/mol. The number of methoxy groups -OCH3 is 1. The van der Waals surface area contributed by atoms with Gasteiger partial charge in [0, 0.05) is 28.2 Å². The lowest BCUT2D eigenvalue weighted by molar-refractivity contribution is 0.0603. The molecular formula is C20H20ClNO2. The average molecular weight is 342 g/mol. The lowest BCUT2D eigenvalue weighted by Crippen LogP contribution is -2.05. The van der Waals surface area contributed by atoms with E-state index in [9.17, 15) is 4.79 Å². The number of ether oxygens (including phenoxy) is 1. The number of aromatic nitrogens is 1. The predicted molar refractivity (Wildman–Crippen MR) is 97.8 cm³/mol. The molecule has 124 valence electrons. The Morgan fingerprint density at radius 3 is 2.67 bits per heavy atom. The number of benzene rings is 2. The van der Waals surface area contributed by atoms with Crippen molar-refractivity contribution < 1.29 is 9.53 Å². The summed E-state index contributed by atoms with van der Waals surface area (Å²) in [5, 5.41) is 1.69. The molecule has 3 rings (SSSR count). The molecule has 0 aliphatic carbocycles. The van der Waals surface area contributed by atoms with Gasteiger partial charge in [-0.25, -0.2) is 4.79 Å². The van der Waals surface area contributed by atoms with Gasteiger partial charge in [0.25, 0.3) is 0 Å². The number of carbonyl (C=O) groups excluding carboxylic acids is 1. The third-order valence-corrected chi connectivity index (χ3v) is 4.60. The zero-order valence-corrected chi connectivity index (χ0v) is 14.6. The maximum atomic E-state index is 12.1. The van der Waals surface area contributed by atoms with Crippen LogP contribution in [-0.4, -0.2) is 17.6 Å². The van der Waals surface area contributed by atoms with Crippen LogP contribution in [-0.2, 0) is 17.7 Å². The molecule has 3 aromatic rings. The summed E-state index contributed by atoms with van der Waals surface area (Å²) in [5.41, 5.74) is 3.90. The van der Waals surface area contributed by atoms with Crippen LogP contribution in [0.25, 0.3) is 10.9 Å². The second-order valence-corrected chi connectivity index (χ2v) is 6.20. The van der Waals surface area contributed by atoms with Crippen molar-refractivity contribution >= 4 is 28.5 Å². The first-order chi connectivity index (χ1) is 11.7. The molecule has 0 bridgehead atoms. The number of carbonyl (C=O) groups is 1. The number of hydrogen-bond donors (Lipinski definition) is 0. The summed E-state index contributed by atoms with van der Waals surface area (Å²) in [6.45, 7) is 2.84. The molecule has 0 aliphatic heterocycles. The lowest BCUT2D eigenvalue weighted by Gasteiger charge is -2.12. The van der Waals surface area contributed by atoms with Crippen LogP contribution in [0.15, 0.2) is 48.5 Å². The van der Waals surface area contributed by atoms with E-state index in [2.05, 4.69) is 17.6 Å². The fraction of sp³-hybridized carbons (Fsp3) is 0.250. The minimum absolute atomic E-state index is 0.307. The summed E-state index contributed by atoms with van der Waals surface area (Å²) in [7, 11) is 1.41. The summed E-state index contributed by atoms with van der Waals surface area (Å²) < 4.78 is 7.16. The molecule has 0 saturated carbocycles. The zero-order chi connectivity index (χ0) is 17.1. The number of halogens is 1. The van der Waals surface area contributed by atoms with Gasteiger partial charge in [-0.05, 0) is 36.2 Å². The minimum atomic E-state index is -0.307. The molecule has 0 fully saturated rings. The second kappa shape index (κ2) is 7.10. The standard InChI is InChI=1S/C20H20ClNO2/c1-3-7-15-12-17-16(20(23)24-2)9-6-11-19(17)22(15)13-14-8-4-5-10-18(14)21/h4-6,8-12H,3,7,13H2,1-2H3. The summed E-state index contributed by atoms with van der Waals surface area (Å²) in [4.78, 5) is 12.1. The Morgan fingerprint density at radius 1 is 1.17 bits per heavy atom. The highest BCUT2D eigenvalue weighted by Gasteiger charge is 2.16. The van der Waals surface area contributed by atoms with Crippen LogP contribution < -0.4 is 0 Å². The Morgan fingerprint density at radius 2 is 1.96 bits per heavy atom. The first-order valence-corrected chi connectivity index (χ1v) is 8.46. The van der Waals surface area contributed by atoms with Gasteiger partial charge in [0.05, 0.1) is 12.7 Å². The third-order valence-electron chi connectivity index (χ3n) is 4.23. The van der Waals surface area contributed by atoms with Gasteiger partial charge in [0.1, 0.15) is 0 Å². The zero-order valence-electron chi connectivity index (χ0n) is 13.9. The van der Waals surface area contributed by atoms with Crippen LogP contribution in [0, 0.1) is 0 Å². The van der Waals surface area contributed by atoms with E-state index in [0.29, 0.717) is 12.1 Å². The number of rotatable bonds is 5. The van der Waals surface area contributed by atoms with Crippen LogP contribution in [0.4, 0.5) is 0 Å². The van der Waals surface area contributed by atoms with E-state index in [1.165, 1.54) is 12.8 Å². The van der Waals surface area contributed by atoms with E-state index < -0.39 is 0 Å². The molecule has 0 spiro atoms. The van der Waals surface area contributed by atoms with Gasteiger partial charge >= 0.3 is 5.97 Å². The topological polar surface area (TPSA) is 31.2 Å².